The summed E-state index contributed by atoms with van der Waals surface area (Å²) in [6, 6.07) is 9.78. The number of nitrogens with zero attached hydrogens (tertiary/aromatic N) is 4. The highest BCUT2D eigenvalue weighted by Crippen LogP contribution is 2.12. The Balaban J connectivity index is 1.56. The lowest BCUT2D eigenvalue weighted by atomic mass is 10.2. The van der Waals surface area contributed by atoms with Gasteiger partial charge in [0.2, 0.25) is 0 Å². The molecular weight excluding hydrogens is 338 g/mol. The van der Waals surface area contributed by atoms with E-state index < -0.39 is 0 Å². The normalized spacial score (nSPS) is 16.2. The van der Waals surface area contributed by atoms with Crippen LogP contribution in [0.4, 0.5) is 0 Å². The van der Waals surface area contributed by atoms with Crippen molar-refractivity contribution >= 4 is 17.6 Å². The molecule has 0 bridgehead atoms. The number of nitrogens with one attached hydrogen (secondary N) is 1. The van der Waals surface area contributed by atoms with E-state index in [2.05, 4.69) is 33.3 Å². The molecule has 1 fully saturated rings. The smallest absolute Gasteiger partial charge is 0.194 e. The average molecular weight is 362 g/mol. The molecule has 1 N–H and O–H groups in total. The highest BCUT2D eigenvalue weighted by molar-refractivity contribution is 6.30. The van der Waals surface area contributed by atoms with Crippen molar-refractivity contribution < 1.29 is 4.52 Å². The third-order valence-corrected chi connectivity index (χ3v) is 4.42. The van der Waals surface area contributed by atoms with Gasteiger partial charge in [-0.3, -0.25) is 4.90 Å². The Morgan fingerprint density at radius 2 is 2.12 bits per heavy atom. The van der Waals surface area contributed by atoms with Crippen molar-refractivity contribution in [3.63, 3.8) is 0 Å². The molecule has 0 radical (unpaired) electrons. The van der Waals surface area contributed by atoms with Gasteiger partial charge in [0.15, 0.2) is 5.96 Å². The third kappa shape index (κ3) is 5.21. The van der Waals surface area contributed by atoms with Gasteiger partial charge >= 0.3 is 0 Å². The summed E-state index contributed by atoms with van der Waals surface area (Å²) in [5, 5.41) is 8.13. The second-order valence-electron chi connectivity index (χ2n) is 6.05. The molecule has 0 saturated carbocycles. The Bertz CT molecular complexity index is 681. The van der Waals surface area contributed by atoms with Crippen LogP contribution in [0.2, 0.25) is 5.02 Å². The van der Waals surface area contributed by atoms with E-state index >= 15 is 0 Å². The molecule has 0 aliphatic carbocycles. The minimum Gasteiger partial charge on any atom is -0.364 e. The van der Waals surface area contributed by atoms with Crippen LogP contribution >= 0.6 is 11.6 Å². The molecule has 1 aromatic carbocycles. The van der Waals surface area contributed by atoms with Crippen molar-refractivity contribution in [3.8, 4) is 0 Å². The van der Waals surface area contributed by atoms with Crippen LogP contribution in [0, 0.1) is 0 Å². The maximum atomic E-state index is 6.05. The van der Waals surface area contributed by atoms with Gasteiger partial charge in [-0.15, -0.1) is 0 Å². The van der Waals surface area contributed by atoms with Crippen molar-refractivity contribution in [1.82, 2.24) is 20.3 Å². The van der Waals surface area contributed by atoms with Gasteiger partial charge in [-0.05, 0) is 24.6 Å². The van der Waals surface area contributed by atoms with E-state index in [4.69, 9.17) is 21.1 Å². The first-order valence-electron chi connectivity index (χ1n) is 8.64. The first-order valence-corrected chi connectivity index (χ1v) is 9.01. The van der Waals surface area contributed by atoms with Gasteiger partial charge in [0.25, 0.3) is 0 Å². The van der Waals surface area contributed by atoms with Gasteiger partial charge in [0.1, 0.15) is 6.26 Å². The molecule has 2 heterocycles. The monoisotopic (exact) mass is 361 g/mol. The van der Waals surface area contributed by atoms with E-state index in [0.717, 1.165) is 61.5 Å². The second kappa shape index (κ2) is 8.87. The Hall–Kier alpha value is -2.05. The SMILES string of the molecule is CCNC(=NCc1cccc(Cl)c1)N1CCN(Cc2ccon2)CC1. The van der Waals surface area contributed by atoms with Gasteiger partial charge in [0, 0.05) is 50.4 Å². The van der Waals surface area contributed by atoms with Crippen molar-refractivity contribution in [2.24, 2.45) is 4.99 Å². The van der Waals surface area contributed by atoms with E-state index in [1.807, 2.05) is 24.3 Å². The van der Waals surface area contributed by atoms with E-state index in [1.165, 1.54) is 0 Å². The molecule has 134 valence electrons. The van der Waals surface area contributed by atoms with E-state index in [0.29, 0.717) is 6.54 Å². The van der Waals surface area contributed by atoms with Crippen LogP contribution < -0.4 is 5.32 Å². The van der Waals surface area contributed by atoms with E-state index in [1.54, 1.807) is 6.26 Å². The minimum absolute atomic E-state index is 0.627. The lowest BCUT2D eigenvalue weighted by Gasteiger charge is -2.36. The Kier molecular flexibility index (Phi) is 6.30. The molecule has 1 saturated heterocycles. The lowest BCUT2D eigenvalue weighted by Crippen LogP contribution is -2.52. The molecule has 25 heavy (non-hydrogen) atoms. The molecule has 0 spiro atoms. The maximum absolute atomic E-state index is 6.05. The van der Waals surface area contributed by atoms with Crippen LogP contribution in [0.1, 0.15) is 18.2 Å². The number of halogens is 1. The second-order valence-corrected chi connectivity index (χ2v) is 6.49. The van der Waals surface area contributed by atoms with Crippen molar-refractivity contribution in [1.29, 1.82) is 0 Å². The van der Waals surface area contributed by atoms with Gasteiger partial charge in [-0.1, -0.05) is 28.9 Å². The molecule has 0 unspecified atom stereocenters. The van der Waals surface area contributed by atoms with Crippen LogP contribution in [0.15, 0.2) is 46.1 Å². The summed E-state index contributed by atoms with van der Waals surface area (Å²) in [5.74, 6) is 0.962. The fourth-order valence-electron chi connectivity index (χ4n) is 2.89. The minimum atomic E-state index is 0.627. The molecule has 1 aliphatic heterocycles. The molecule has 0 atom stereocenters. The Morgan fingerprint density at radius 3 is 2.80 bits per heavy atom. The average Bonchev–Trinajstić information content (AvgIpc) is 3.12. The number of benzene rings is 1. The quantitative estimate of drug-likeness (QED) is 0.655. The standard InChI is InChI=1S/C18H24ClN5O/c1-2-20-18(21-13-15-4-3-5-16(19)12-15)24-9-7-23(8-10-24)14-17-6-11-25-22-17/h3-6,11-12H,2,7-10,13-14H2,1H3,(H,20,21). The summed E-state index contributed by atoms with van der Waals surface area (Å²) in [7, 11) is 0. The van der Waals surface area contributed by atoms with E-state index in [-0.39, 0.29) is 0 Å². The maximum Gasteiger partial charge on any atom is 0.194 e. The van der Waals surface area contributed by atoms with Crippen LogP contribution in [-0.2, 0) is 13.1 Å². The molecule has 1 aliphatic rings. The number of hydrogen-bond donors (Lipinski definition) is 1. The molecule has 2 aromatic rings. The zero-order valence-corrected chi connectivity index (χ0v) is 15.2. The highest BCUT2D eigenvalue weighted by Gasteiger charge is 2.20. The predicted molar refractivity (Wildman–Crippen MR) is 99.6 cm³/mol. The van der Waals surface area contributed by atoms with Gasteiger partial charge in [0.05, 0.1) is 12.2 Å². The van der Waals surface area contributed by atoms with Gasteiger partial charge < -0.3 is 14.7 Å². The zero-order valence-electron chi connectivity index (χ0n) is 14.5. The molecule has 0 amide bonds. The third-order valence-electron chi connectivity index (χ3n) is 4.18. The summed E-state index contributed by atoms with van der Waals surface area (Å²) >= 11 is 6.05. The number of aliphatic imine (C=N–C) groups is 1. The number of rotatable bonds is 5. The van der Waals surface area contributed by atoms with Crippen molar-refractivity contribution in [2.75, 3.05) is 32.7 Å². The fraction of sp³-hybridized carbons (Fsp3) is 0.444. The number of aromatic nitrogens is 1. The summed E-state index contributed by atoms with van der Waals surface area (Å²) in [5.41, 5.74) is 2.10. The molecular formula is C18H24ClN5O. The van der Waals surface area contributed by atoms with E-state index in [9.17, 15) is 0 Å². The highest BCUT2D eigenvalue weighted by atomic mass is 35.5. The molecule has 7 heteroatoms. The van der Waals surface area contributed by atoms with Crippen LogP contribution in [0.25, 0.3) is 0 Å². The summed E-state index contributed by atoms with van der Waals surface area (Å²) in [6.45, 7) is 8.26. The fourth-order valence-corrected chi connectivity index (χ4v) is 3.11. The summed E-state index contributed by atoms with van der Waals surface area (Å²) in [4.78, 5) is 9.47. The predicted octanol–water partition coefficient (Wildman–Crippen LogP) is 2.61. The molecule has 1 aromatic heterocycles. The van der Waals surface area contributed by atoms with Crippen LogP contribution in [0.3, 0.4) is 0 Å². The van der Waals surface area contributed by atoms with Gasteiger partial charge in [-0.2, -0.15) is 0 Å². The number of piperazine rings is 1. The van der Waals surface area contributed by atoms with Crippen molar-refractivity contribution in [3.05, 3.63) is 52.9 Å². The lowest BCUT2D eigenvalue weighted by molar-refractivity contribution is 0.169. The van der Waals surface area contributed by atoms with Crippen molar-refractivity contribution in [2.45, 2.75) is 20.0 Å². The Labute approximate surface area is 153 Å². The van der Waals surface area contributed by atoms with Gasteiger partial charge in [-0.25, -0.2) is 4.99 Å². The molecule has 3 rings (SSSR count). The first kappa shape index (κ1) is 17.8. The number of guanidine groups is 1. The van der Waals surface area contributed by atoms with Crippen LogP contribution in [0.5, 0.6) is 0 Å². The summed E-state index contributed by atoms with van der Waals surface area (Å²) < 4.78 is 4.90. The zero-order chi connectivity index (χ0) is 17.5. The Morgan fingerprint density at radius 1 is 1.28 bits per heavy atom. The largest absolute Gasteiger partial charge is 0.364 e. The summed E-state index contributed by atoms with van der Waals surface area (Å²) in [6.07, 6.45) is 1.62. The first-order chi connectivity index (χ1) is 12.2. The topological polar surface area (TPSA) is 56.9 Å². The van der Waals surface area contributed by atoms with Crippen LogP contribution in [-0.4, -0.2) is 53.6 Å². The molecule has 6 nitrogen and oxygen atoms in total. The number of hydrogen-bond acceptors (Lipinski definition) is 4.